The minimum atomic E-state index is -0.314. The number of rotatable bonds is 4. The van der Waals surface area contributed by atoms with Gasteiger partial charge in [0.25, 0.3) is 0 Å². The van der Waals surface area contributed by atoms with E-state index in [1.54, 1.807) is 14.0 Å². The van der Waals surface area contributed by atoms with E-state index in [1.807, 2.05) is 35.2 Å². The fourth-order valence-electron chi connectivity index (χ4n) is 4.38. The number of hydrogen-bond acceptors (Lipinski definition) is 5. The number of nitrogens with two attached hydrogens (primary N) is 1. The molecule has 2 heterocycles. The molecule has 6 heteroatoms. The van der Waals surface area contributed by atoms with E-state index in [4.69, 9.17) is 15.5 Å². The van der Waals surface area contributed by atoms with Crippen LogP contribution in [0.2, 0.25) is 0 Å². The molecule has 2 aliphatic rings. The monoisotopic (exact) mass is 404 g/mol. The standard InChI is InChI=1S/C24H28N4O2/c1-18(29)27-14-12-24(13-15-27)22(16-19-6-4-3-5-7-19)26-23(25)28(24)17-20-8-10-21(30-2)11-9-20/h3-11,16H,12-15,17H2,1-2H3,(H2,25,26)/b22-16-. The van der Waals surface area contributed by atoms with Gasteiger partial charge in [-0.05, 0) is 42.2 Å². The van der Waals surface area contributed by atoms with Crippen molar-refractivity contribution in [1.29, 1.82) is 0 Å². The summed E-state index contributed by atoms with van der Waals surface area (Å²) in [5.41, 5.74) is 9.36. The molecule has 0 unspecified atom stereocenters. The van der Waals surface area contributed by atoms with E-state index < -0.39 is 0 Å². The van der Waals surface area contributed by atoms with Gasteiger partial charge in [-0.1, -0.05) is 42.5 Å². The zero-order chi connectivity index (χ0) is 21.1. The van der Waals surface area contributed by atoms with Crippen molar-refractivity contribution in [3.8, 4) is 5.75 Å². The summed E-state index contributed by atoms with van der Waals surface area (Å²) in [5, 5.41) is 0. The number of aliphatic imine (C=N–C) groups is 1. The van der Waals surface area contributed by atoms with Crippen LogP contribution in [0.1, 0.15) is 30.9 Å². The summed E-state index contributed by atoms with van der Waals surface area (Å²) < 4.78 is 5.28. The van der Waals surface area contributed by atoms with Gasteiger partial charge in [0.1, 0.15) is 5.75 Å². The number of nitrogens with zero attached hydrogens (tertiary/aromatic N) is 3. The minimum Gasteiger partial charge on any atom is -0.497 e. The van der Waals surface area contributed by atoms with Crippen molar-refractivity contribution < 1.29 is 9.53 Å². The normalized spacial score (nSPS) is 19.3. The van der Waals surface area contributed by atoms with Crippen molar-refractivity contribution in [3.05, 3.63) is 71.4 Å². The van der Waals surface area contributed by atoms with Crippen LogP contribution in [-0.2, 0) is 11.3 Å². The zero-order valence-electron chi connectivity index (χ0n) is 17.5. The van der Waals surface area contributed by atoms with Gasteiger partial charge < -0.3 is 20.3 Å². The molecule has 0 aliphatic carbocycles. The summed E-state index contributed by atoms with van der Waals surface area (Å²) in [4.78, 5) is 20.8. The second-order valence-corrected chi connectivity index (χ2v) is 7.88. The molecule has 1 fully saturated rings. The molecule has 2 N–H and O–H groups in total. The summed E-state index contributed by atoms with van der Waals surface area (Å²) in [7, 11) is 1.67. The Bertz CT molecular complexity index is 958. The molecule has 0 radical (unpaired) electrons. The molecule has 1 amide bonds. The highest BCUT2D eigenvalue weighted by Gasteiger charge is 2.48. The second-order valence-electron chi connectivity index (χ2n) is 7.88. The number of likely N-dealkylation sites (tertiary alicyclic amines) is 1. The number of carbonyl (C=O) groups excluding carboxylic acids is 1. The van der Waals surface area contributed by atoms with E-state index in [0.717, 1.165) is 35.4 Å². The van der Waals surface area contributed by atoms with Gasteiger partial charge in [0.2, 0.25) is 5.91 Å². The lowest BCUT2D eigenvalue weighted by molar-refractivity contribution is -0.130. The van der Waals surface area contributed by atoms with Crippen molar-refractivity contribution in [2.45, 2.75) is 31.8 Å². The zero-order valence-corrected chi connectivity index (χ0v) is 17.5. The van der Waals surface area contributed by atoms with Crippen LogP contribution in [0, 0.1) is 0 Å². The van der Waals surface area contributed by atoms with Gasteiger partial charge in [0, 0.05) is 26.6 Å². The summed E-state index contributed by atoms with van der Waals surface area (Å²) in [6.07, 6.45) is 3.72. The number of amides is 1. The van der Waals surface area contributed by atoms with Crippen LogP contribution in [0.25, 0.3) is 6.08 Å². The minimum absolute atomic E-state index is 0.118. The summed E-state index contributed by atoms with van der Waals surface area (Å²) in [5.74, 6) is 1.48. The van der Waals surface area contributed by atoms with E-state index in [9.17, 15) is 4.79 Å². The maximum Gasteiger partial charge on any atom is 0.219 e. The van der Waals surface area contributed by atoms with Crippen molar-refractivity contribution in [3.63, 3.8) is 0 Å². The van der Waals surface area contributed by atoms with E-state index in [0.29, 0.717) is 25.6 Å². The maximum atomic E-state index is 11.9. The summed E-state index contributed by atoms with van der Waals surface area (Å²) in [6.45, 7) is 3.69. The number of methoxy groups -OCH3 is 1. The van der Waals surface area contributed by atoms with Gasteiger partial charge in [0.15, 0.2) is 5.96 Å². The topological polar surface area (TPSA) is 71.2 Å². The second kappa shape index (κ2) is 8.22. The van der Waals surface area contributed by atoms with Crippen LogP contribution >= 0.6 is 0 Å². The predicted molar refractivity (Wildman–Crippen MR) is 119 cm³/mol. The van der Waals surface area contributed by atoms with Crippen LogP contribution in [-0.4, -0.2) is 47.4 Å². The molecule has 156 valence electrons. The van der Waals surface area contributed by atoms with Gasteiger partial charge in [0.05, 0.1) is 18.3 Å². The lowest BCUT2D eigenvalue weighted by Crippen LogP contribution is -2.56. The first-order valence-corrected chi connectivity index (χ1v) is 10.3. The Labute approximate surface area is 177 Å². The van der Waals surface area contributed by atoms with Gasteiger partial charge in [-0.15, -0.1) is 0 Å². The van der Waals surface area contributed by atoms with E-state index in [2.05, 4.69) is 35.2 Å². The van der Waals surface area contributed by atoms with Crippen LogP contribution in [0.3, 0.4) is 0 Å². The molecule has 2 aromatic carbocycles. The Morgan fingerprint density at radius 2 is 1.80 bits per heavy atom. The van der Waals surface area contributed by atoms with E-state index >= 15 is 0 Å². The fraction of sp³-hybridized carbons (Fsp3) is 0.333. The third-order valence-electron chi connectivity index (χ3n) is 6.14. The van der Waals surface area contributed by atoms with Crippen LogP contribution in [0.15, 0.2) is 65.3 Å². The fourth-order valence-corrected chi connectivity index (χ4v) is 4.38. The van der Waals surface area contributed by atoms with Crippen molar-refractivity contribution in [2.75, 3.05) is 20.2 Å². The summed E-state index contributed by atoms with van der Waals surface area (Å²) in [6, 6.07) is 18.2. The largest absolute Gasteiger partial charge is 0.497 e. The van der Waals surface area contributed by atoms with Crippen LogP contribution in [0.4, 0.5) is 0 Å². The Morgan fingerprint density at radius 3 is 2.40 bits per heavy atom. The molecule has 4 rings (SSSR count). The molecule has 6 nitrogen and oxygen atoms in total. The Balaban J connectivity index is 1.68. The number of piperidine rings is 1. The third-order valence-corrected chi connectivity index (χ3v) is 6.14. The number of hydrogen-bond donors (Lipinski definition) is 1. The molecule has 2 aliphatic heterocycles. The molecule has 1 saturated heterocycles. The first kappa shape index (κ1) is 20.0. The highest BCUT2D eigenvalue weighted by Crippen LogP contribution is 2.42. The number of benzene rings is 2. The molecule has 0 atom stereocenters. The SMILES string of the molecule is COc1ccc(CN2C(N)=N/C(=C\c3ccccc3)C23CCN(C(C)=O)CC3)cc1. The van der Waals surface area contributed by atoms with Crippen molar-refractivity contribution in [2.24, 2.45) is 10.7 Å². The van der Waals surface area contributed by atoms with E-state index in [-0.39, 0.29) is 11.4 Å². The Hall–Kier alpha value is -3.28. The number of ether oxygens (including phenoxy) is 1. The lowest BCUT2D eigenvalue weighted by Gasteiger charge is -2.45. The van der Waals surface area contributed by atoms with Gasteiger partial charge in [-0.2, -0.15) is 0 Å². The number of carbonyl (C=O) groups is 1. The van der Waals surface area contributed by atoms with E-state index in [1.165, 1.54) is 0 Å². The quantitative estimate of drug-likeness (QED) is 0.849. The first-order valence-electron chi connectivity index (χ1n) is 10.3. The molecule has 30 heavy (non-hydrogen) atoms. The molecular formula is C24H28N4O2. The average molecular weight is 405 g/mol. The molecule has 2 aromatic rings. The van der Waals surface area contributed by atoms with Gasteiger partial charge >= 0.3 is 0 Å². The van der Waals surface area contributed by atoms with Crippen LogP contribution < -0.4 is 10.5 Å². The Kier molecular flexibility index (Phi) is 5.48. The third kappa shape index (κ3) is 3.77. The molecule has 0 saturated carbocycles. The van der Waals surface area contributed by atoms with Gasteiger partial charge in [-0.25, -0.2) is 4.99 Å². The van der Waals surface area contributed by atoms with Crippen molar-refractivity contribution >= 4 is 17.9 Å². The first-order chi connectivity index (χ1) is 14.5. The lowest BCUT2D eigenvalue weighted by atomic mass is 9.82. The Morgan fingerprint density at radius 1 is 1.13 bits per heavy atom. The number of guanidine groups is 1. The smallest absolute Gasteiger partial charge is 0.219 e. The maximum absolute atomic E-state index is 11.9. The predicted octanol–water partition coefficient (Wildman–Crippen LogP) is 3.25. The highest BCUT2D eigenvalue weighted by molar-refractivity contribution is 5.85. The summed E-state index contributed by atoms with van der Waals surface area (Å²) >= 11 is 0. The van der Waals surface area contributed by atoms with Crippen molar-refractivity contribution in [1.82, 2.24) is 9.80 Å². The molecular weight excluding hydrogens is 376 g/mol. The van der Waals surface area contributed by atoms with Crippen LogP contribution in [0.5, 0.6) is 5.75 Å². The van der Waals surface area contributed by atoms with Gasteiger partial charge in [-0.3, -0.25) is 4.79 Å². The average Bonchev–Trinajstić information content (AvgIpc) is 3.00. The molecule has 1 spiro atoms. The molecule has 0 bridgehead atoms. The molecule has 0 aromatic heterocycles. The highest BCUT2D eigenvalue weighted by atomic mass is 16.5.